The fourth-order valence-corrected chi connectivity index (χ4v) is 4.15. The molecule has 0 spiro atoms. The van der Waals surface area contributed by atoms with E-state index in [1.54, 1.807) is 7.11 Å². The van der Waals surface area contributed by atoms with Gasteiger partial charge in [0.25, 0.3) is 5.56 Å². The van der Waals surface area contributed by atoms with Crippen LogP contribution in [0.4, 0.5) is 0 Å². The Bertz CT molecular complexity index is 1170. The first kappa shape index (κ1) is 23.8. The molecule has 7 heteroatoms. The van der Waals surface area contributed by atoms with E-state index < -0.39 is 0 Å². The lowest BCUT2D eigenvalue weighted by molar-refractivity contribution is 0.414. The minimum absolute atomic E-state index is 0.0469. The summed E-state index contributed by atoms with van der Waals surface area (Å²) in [5.41, 5.74) is 3.93. The van der Waals surface area contributed by atoms with Crippen LogP contribution in [0.25, 0.3) is 0 Å². The second kappa shape index (κ2) is 10.7. The van der Waals surface area contributed by atoms with E-state index in [1.807, 2.05) is 56.3 Å². The smallest absolute Gasteiger partial charge is 0.270 e. The lowest BCUT2D eigenvalue weighted by atomic mass is 10.0. The third kappa shape index (κ3) is 5.70. The standard InChI is InChI=1S/C25H25Cl2N3O2/c1-16(2)21-13-19(14-22-23(26)11-18(5-4-10-28)12-24(22)27)29-30(25(21)31)15-17-6-8-20(32-3)9-7-17/h6-9,11-13,16H,4-5,14-15H2,1-3H3. The van der Waals surface area contributed by atoms with Crippen LogP contribution in [0.15, 0.2) is 47.3 Å². The third-order valence-corrected chi connectivity index (χ3v) is 5.92. The maximum atomic E-state index is 13.0. The van der Waals surface area contributed by atoms with E-state index in [0.717, 1.165) is 28.1 Å². The molecule has 166 valence electrons. The molecule has 0 bridgehead atoms. The molecule has 0 aliphatic heterocycles. The van der Waals surface area contributed by atoms with Gasteiger partial charge in [-0.2, -0.15) is 10.4 Å². The Hall–Kier alpha value is -2.81. The van der Waals surface area contributed by atoms with Crippen LogP contribution in [-0.2, 0) is 19.4 Å². The summed E-state index contributed by atoms with van der Waals surface area (Å²) >= 11 is 13.0. The molecular formula is C25H25Cl2N3O2. The second-order valence-electron chi connectivity index (χ2n) is 7.93. The Morgan fingerprint density at radius 3 is 2.31 bits per heavy atom. The monoisotopic (exact) mass is 469 g/mol. The Labute approximate surface area is 198 Å². The highest BCUT2D eigenvalue weighted by atomic mass is 35.5. The lowest BCUT2D eigenvalue weighted by Gasteiger charge is -2.14. The summed E-state index contributed by atoms with van der Waals surface area (Å²) in [4.78, 5) is 13.0. The van der Waals surface area contributed by atoms with Crippen LogP contribution >= 0.6 is 23.2 Å². The SMILES string of the molecule is COc1ccc(Cn2nc(Cc3c(Cl)cc(CCC#N)cc3Cl)cc(C(C)C)c2=O)cc1. The Morgan fingerprint density at radius 1 is 1.09 bits per heavy atom. The Balaban J connectivity index is 1.96. The van der Waals surface area contributed by atoms with Crippen molar-refractivity contribution in [1.82, 2.24) is 9.78 Å². The van der Waals surface area contributed by atoms with E-state index >= 15 is 0 Å². The fraction of sp³-hybridized carbons (Fsp3) is 0.320. The normalized spacial score (nSPS) is 10.9. The maximum Gasteiger partial charge on any atom is 0.270 e. The number of halogens is 2. The van der Waals surface area contributed by atoms with Crippen molar-refractivity contribution >= 4 is 23.2 Å². The average Bonchev–Trinajstić information content (AvgIpc) is 2.77. The molecule has 0 aliphatic carbocycles. The van der Waals surface area contributed by atoms with Crippen LogP contribution in [0.5, 0.6) is 5.75 Å². The number of rotatable bonds is 8. The van der Waals surface area contributed by atoms with Crippen LogP contribution in [0.3, 0.4) is 0 Å². The number of methoxy groups -OCH3 is 1. The molecule has 3 rings (SSSR count). The Morgan fingerprint density at radius 2 is 1.75 bits per heavy atom. The highest BCUT2D eigenvalue weighted by molar-refractivity contribution is 6.36. The van der Waals surface area contributed by atoms with Crippen LogP contribution in [-0.4, -0.2) is 16.9 Å². The molecule has 3 aromatic rings. The molecule has 2 aromatic carbocycles. The lowest BCUT2D eigenvalue weighted by Crippen LogP contribution is -2.28. The van der Waals surface area contributed by atoms with Crippen LogP contribution in [0.2, 0.25) is 10.0 Å². The summed E-state index contributed by atoms with van der Waals surface area (Å²) in [6.07, 6.45) is 1.40. The molecule has 0 unspecified atom stereocenters. The maximum absolute atomic E-state index is 13.0. The van der Waals surface area contributed by atoms with Gasteiger partial charge in [-0.3, -0.25) is 4.79 Å². The number of nitrogens with zero attached hydrogens (tertiary/aromatic N) is 3. The van der Waals surface area contributed by atoms with Gasteiger partial charge < -0.3 is 4.74 Å². The van der Waals surface area contributed by atoms with Gasteiger partial charge in [0.05, 0.1) is 25.4 Å². The predicted octanol–water partition coefficient (Wildman–Crippen LogP) is 5.78. The number of benzene rings is 2. The van der Waals surface area contributed by atoms with E-state index in [1.165, 1.54) is 4.68 Å². The zero-order valence-electron chi connectivity index (χ0n) is 18.4. The molecule has 0 saturated heterocycles. The molecule has 0 N–H and O–H groups in total. The van der Waals surface area contributed by atoms with Gasteiger partial charge in [0.2, 0.25) is 0 Å². The van der Waals surface area contributed by atoms with Gasteiger partial charge in [-0.15, -0.1) is 0 Å². The van der Waals surface area contributed by atoms with Gasteiger partial charge in [-0.1, -0.05) is 49.2 Å². The molecule has 0 aliphatic rings. The van der Waals surface area contributed by atoms with Crippen molar-refractivity contribution < 1.29 is 4.74 Å². The van der Waals surface area contributed by atoms with Gasteiger partial charge >= 0.3 is 0 Å². The van der Waals surface area contributed by atoms with E-state index in [0.29, 0.717) is 41.4 Å². The van der Waals surface area contributed by atoms with Gasteiger partial charge in [-0.25, -0.2) is 4.68 Å². The number of aromatic nitrogens is 2. The molecule has 0 fully saturated rings. The van der Waals surface area contributed by atoms with Crippen molar-refractivity contribution in [2.24, 2.45) is 0 Å². The molecule has 1 heterocycles. The van der Waals surface area contributed by atoms with Crippen molar-refractivity contribution in [2.75, 3.05) is 7.11 Å². The second-order valence-corrected chi connectivity index (χ2v) is 8.74. The summed E-state index contributed by atoms with van der Waals surface area (Å²) in [5, 5.41) is 14.5. The quantitative estimate of drug-likeness (QED) is 0.419. The summed E-state index contributed by atoms with van der Waals surface area (Å²) in [6, 6.07) is 15.2. The number of nitriles is 1. The van der Waals surface area contributed by atoms with Gasteiger partial charge in [-0.05, 0) is 59.4 Å². The van der Waals surface area contributed by atoms with E-state index in [2.05, 4.69) is 11.2 Å². The number of ether oxygens (including phenoxy) is 1. The average molecular weight is 470 g/mol. The van der Waals surface area contributed by atoms with E-state index in [4.69, 9.17) is 33.2 Å². The molecule has 0 amide bonds. The van der Waals surface area contributed by atoms with Crippen LogP contribution < -0.4 is 10.3 Å². The molecule has 1 aromatic heterocycles. The molecular weight excluding hydrogens is 445 g/mol. The first-order chi connectivity index (χ1) is 15.3. The zero-order chi connectivity index (χ0) is 23.3. The minimum Gasteiger partial charge on any atom is -0.497 e. The van der Waals surface area contributed by atoms with Crippen molar-refractivity contribution in [1.29, 1.82) is 5.26 Å². The molecule has 0 atom stereocenters. The number of aryl methyl sites for hydroxylation is 1. The van der Waals surface area contributed by atoms with E-state index in [9.17, 15) is 4.79 Å². The molecule has 0 radical (unpaired) electrons. The minimum atomic E-state index is -0.108. The van der Waals surface area contributed by atoms with Gasteiger partial charge in [0.1, 0.15) is 5.75 Å². The summed E-state index contributed by atoms with van der Waals surface area (Å²) in [7, 11) is 1.62. The summed E-state index contributed by atoms with van der Waals surface area (Å²) in [6.45, 7) is 4.33. The molecule has 0 saturated carbocycles. The topological polar surface area (TPSA) is 67.9 Å². The number of hydrogen-bond acceptors (Lipinski definition) is 4. The zero-order valence-corrected chi connectivity index (χ0v) is 19.9. The number of hydrogen-bond donors (Lipinski definition) is 0. The fourth-order valence-electron chi connectivity index (χ4n) is 3.48. The predicted molar refractivity (Wildman–Crippen MR) is 128 cm³/mol. The van der Waals surface area contributed by atoms with Crippen molar-refractivity contribution in [3.05, 3.63) is 90.8 Å². The van der Waals surface area contributed by atoms with Crippen molar-refractivity contribution in [3.63, 3.8) is 0 Å². The van der Waals surface area contributed by atoms with Gasteiger partial charge in [0, 0.05) is 28.5 Å². The summed E-state index contributed by atoms with van der Waals surface area (Å²) < 4.78 is 6.70. The van der Waals surface area contributed by atoms with Crippen molar-refractivity contribution in [3.8, 4) is 11.8 Å². The highest BCUT2D eigenvalue weighted by Crippen LogP contribution is 2.29. The van der Waals surface area contributed by atoms with Crippen LogP contribution in [0, 0.1) is 11.3 Å². The molecule has 32 heavy (non-hydrogen) atoms. The highest BCUT2D eigenvalue weighted by Gasteiger charge is 2.15. The summed E-state index contributed by atoms with van der Waals surface area (Å²) in [5.74, 6) is 0.804. The van der Waals surface area contributed by atoms with Crippen LogP contribution in [0.1, 0.15) is 54.1 Å². The first-order valence-corrected chi connectivity index (χ1v) is 11.2. The largest absolute Gasteiger partial charge is 0.497 e. The Kier molecular flexibility index (Phi) is 7.95. The molecule has 5 nitrogen and oxygen atoms in total. The third-order valence-electron chi connectivity index (χ3n) is 5.25. The van der Waals surface area contributed by atoms with Crippen molar-refractivity contribution in [2.45, 2.75) is 45.6 Å². The first-order valence-electron chi connectivity index (χ1n) is 10.4. The van der Waals surface area contributed by atoms with E-state index in [-0.39, 0.29) is 11.5 Å². The van der Waals surface area contributed by atoms with Gasteiger partial charge in [0.15, 0.2) is 0 Å².